The molecule has 57 heavy (non-hydrogen) atoms. The van der Waals surface area contributed by atoms with E-state index in [0.29, 0.717) is 43.9 Å². The molecule has 1 saturated heterocycles. The van der Waals surface area contributed by atoms with E-state index in [9.17, 15) is 19.8 Å². The van der Waals surface area contributed by atoms with Crippen molar-refractivity contribution >= 4 is 17.7 Å². The molecule has 308 valence electrons. The molecule has 0 spiro atoms. The van der Waals surface area contributed by atoms with Crippen molar-refractivity contribution in [1.29, 1.82) is 0 Å². The van der Waals surface area contributed by atoms with Crippen molar-refractivity contribution in [3.8, 4) is 11.5 Å². The second-order valence-electron chi connectivity index (χ2n) is 16.1. The number of fused-ring (bicyclic) bond motifs is 2. The molecule has 3 fully saturated rings. The number of oxime groups is 1. The van der Waals surface area contributed by atoms with E-state index in [1.807, 2.05) is 54.4 Å². The van der Waals surface area contributed by atoms with Crippen molar-refractivity contribution in [2.75, 3.05) is 33.5 Å². The van der Waals surface area contributed by atoms with E-state index in [1.54, 1.807) is 12.1 Å². The summed E-state index contributed by atoms with van der Waals surface area (Å²) < 4.78 is 26.0. The number of nitrogens with zero attached hydrogens (tertiary/aromatic N) is 2. The van der Waals surface area contributed by atoms with Gasteiger partial charge in [0.1, 0.15) is 17.5 Å². The summed E-state index contributed by atoms with van der Waals surface area (Å²) in [5.74, 6) is -0.869. The molecule has 3 aliphatic carbocycles. The van der Waals surface area contributed by atoms with E-state index in [2.05, 4.69) is 18.0 Å². The number of benzene rings is 2. The quantitative estimate of drug-likeness (QED) is 0.0826. The van der Waals surface area contributed by atoms with Gasteiger partial charge in [-0.05, 0) is 92.5 Å². The monoisotopic (exact) mass is 785 g/mol. The molecule has 2 heterocycles. The maximum absolute atomic E-state index is 14.0. The van der Waals surface area contributed by atoms with Crippen molar-refractivity contribution in [2.24, 2.45) is 28.8 Å². The first-order valence-electron chi connectivity index (χ1n) is 21.0. The first-order valence-corrected chi connectivity index (χ1v) is 21.0. The molecule has 7 atom stereocenters. The normalized spacial score (nSPS) is 28.3. The van der Waals surface area contributed by atoms with Gasteiger partial charge in [0.05, 0.1) is 24.8 Å². The summed E-state index contributed by atoms with van der Waals surface area (Å²) >= 11 is 0. The molecule has 0 bridgehead atoms. The Morgan fingerprint density at radius 1 is 1.04 bits per heavy atom. The first-order chi connectivity index (χ1) is 27.9. The number of rotatable bonds is 18. The predicted molar refractivity (Wildman–Crippen MR) is 214 cm³/mol. The lowest BCUT2D eigenvalue weighted by Gasteiger charge is -2.59. The number of hydrogen-bond acceptors (Lipinski definition) is 10. The van der Waals surface area contributed by atoms with Crippen LogP contribution in [0.3, 0.4) is 0 Å². The Bertz CT molecular complexity index is 1760. The fourth-order valence-corrected chi connectivity index (χ4v) is 9.39. The third kappa shape index (κ3) is 9.25. The van der Waals surface area contributed by atoms with E-state index >= 15 is 0 Å². The number of ether oxygens (including phenoxy) is 4. The molecule has 2 amide bonds. The van der Waals surface area contributed by atoms with Crippen LogP contribution in [0.5, 0.6) is 11.5 Å². The Morgan fingerprint density at radius 2 is 1.82 bits per heavy atom. The zero-order chi connectivity index (χ0) is 39.8. The molecule has 2 aromatic rings. The highest BCUT2D eigenvalue weighted by molar-refractivity contribution is 6.03. The van der Waals surface area contributed by atoms with Gasteiger partial charge in [-0.1, -0.05) is 60.5 Å². The Kier molecular flexibility index (Phi) is 13.7. The summed E-state index contributed by atoms with van der Waals surface area (Å²) in [6, 6.07) is 14.6. The number of nitrogens with one attached hydrogen (secondary N) is 1. The number of amides is 2. The average molecular weight is 786 g/mol. The number of unbranched alkanes of at least 4 members (excludes halogenated alkanes) is 2. The Labute approximate surface area is 336 Å². The van der Waals surface area contributed by atoms with Crippen LogP contribution in [0.25, 0.3) is 0 Å². The van der Waals surface area contributed by atoms with E-state index in [1.165, 1.54) is 0 Å². The van der Waals surface area contributed by atoms with Crippen molar-refractivity contribution in [3.63, 3.8) is 0 Å². The summed E-state index contributed by atoms with van der Waals surface area (Å²) in [5, 5.41) is 27.5. The average Bonchev–Trinajstić information content (AvgIpc) is 4.09. The predicted octanol–water partition coefficient (Wildman–Crippen LogP) is 7.00. The van der Waals surface area contributed by atoms with Crippen LogP contribution in [0.1, 0.15) is 94.1 Å². The van der Waals surface area contributed by atoms with Gasteiger partial charge < -0.3 is 44.2 Å². The molecule has 3 N–H and O–H groups in total. The molecular formula is C45H59N3O9. The molecule has 7 rings (SSSR count). The van der Waals surface area contributed by atoms with Crippen LogP contribution < -0.4 is 14.8 Å². The number of carbonyl (C=O) groups is 2. The molecule has 0 aromatic heterocycles. The van der Waals surface area contributed by atoms with Gasteiger partial charge in [-0.15, -0.1) is 6.58 Å². The van der Waals surface area contributed by atoms with Crippen LogP contribution in [0.15, 0.2) is 78.0 Å². The highest BCUT2D eigenvalue weighted by Crippen LogP contribution is 2.62. The summed E-state index contributed by atoms with van der Waals surface area (Å²) in [5.41, 5.74) is 3.52. The minimum atomic E-state index is -1.32. The van der Waals surface area contributed by atoms with Gasteiger partial charge >= 0.3 is 6.09 Å². The number of likely N-dealkylation sites (N-methyl/N-ethyl adjacent to an activating group) is 1. The highest BCUT2D eigenvalue weighted by atomic mass is 16.8. The van der Waals surface area contributed by atoms with E-state index in [-0.39, 0.29) is 49.4 Å². The lowest BCUT2D eigenvalue weighted by Crippen LogP contribution is -2.69. The van der Waals surface area contributed by atoms with E-state index in [4.69, 9.17) is 28.9 Å². The van der Waals surface area contributed by atoms with Gasteiger partial charge in [0.25, 0.3) is 0 Å². The third-order valence-corrected chi connectivity index (χ3v) is 12.3. The molecule has 2 saturated carbocycles. The smallest absolute Gasteiger partial charge is 0.412 e. The number of aliphatic hydroxyl groups excluding tert-OH is 2. The van der Waals surface area contributed by atoms with Crippen LogP contribution in [0, 0.1) is 23.7 Å². The molecule has 2 aromatic carbocycles. The Hall–Kier alpha value is -4.23. The van der Waals surface area contributed by atoms with Crippen molar-refractivity contribution in [3.05, 3.63) is 84.0 Å². The van der Waals surface area contributed by atoms with E-state index < -0.39 is 30.1 Å². The molecule has 5 aliphatic rings. The largest absolute Gasteiger partial charge is 0.459 e. The molecule has 2 aliphatic heterocycles. The second-order valence-corrected chi connectivity index (χ2v) is 16.1. The molecule has 12 nitrogen and oxygen atoms in total. The first kappa shape index (κ1) is 40.9. The molecule has 1 unspecified atom stereocenters. The fraction of sp³-hybridized carbons (Fsp3) is 0.578. The van der Waals surface area contributed by atoms with Crippen LogP contribution in [0.2, 0.25) is 0 Å². The van der Waals surface area contributed by atoms with Crippen molar-refractivity contribution in [1.82, 2.24) is 10.2 Å². The van der Waals surface area contributed by atoms with Gasteiger partial charge in [0.2, 0.25) is 18.0 Å². The van der Waals surface area contributed by atoms with Crippen LogP contribution in [-0.4, -0.2) is 84.4 Å². The number of carbonyl (C=O) groups excluding carboxylic acids is 2. The summed E-state index contributed by atoms with van der Waals surface area (Å²) in [4.78, 5) is 35.2. The van der Waals surface area contributed by atoms with Crippen LogP contribution >= 0.6 is 0 Å². The second kappa shape index (κ2) is 19.0. The van der Waals surface area contributed by atoms with E-state index in [0.717, 1.165) is 80.2 Å². The minimum absolute atomic E-state index is 0.0384. The Morgan fingerprint density at radius 3 is 2.54 bits per heavy atom. The Balaban J connectivity index is 1.35. The fourth-order valence-electron chi connectivity index (χ4n) is 9.39. The van der Waals surface area contributed by atoms with Crippen molar-refractivity contribution in [2.45, 2.75) is 108 Å². The summed E-state index contributed by atoms with van der Waals surface area (Å²) in [6.45, 7) is 5.32. The van der Waals surface area contributed by atoms with Gasteiger partial charge in [-0.25, -0.2) is 4.79 Å². The highest BCUT2D eigenvalue weighted by Gasteiger charge is 2.65. The molecule has 0 radical (unpaired) electrons. The lowest BCUT2D eigenvalue weighted by molar-refractivity contribution is -0.256. The molecular weight excluding hydrogens is 727 g/mol. The van der Waals surface area contributed by atoms with Crippen LogP contribution in [-0.2, 0) is 25.7 Å². The summed E-state index contributed by atoms with van der Waals surface area (Å²) in [6.07, 6.45) is 12.3. The topological polar surface area (TPSA) is 148 Å². The van der Waals surface area contributed by atoms with Gasteiger partial charge in [0.15, 0.2) is 0 Å². The zero-order valence-electron chi connectivity index (χ0n) is 33.2. The minimum Gasteiger partial charge on any atom is -0.459 e. The zero-order valence-corrected chi connectivity index (χ0v) is 33.2. The number of allylic oxidation sites excluding steroid dienone is 1. The third-order valence-electron chi connectivity index (χ3n) is 12.3. The molecule has 12 heteroatoms. The van der Waals surface area contributed by atoms with Gasteiger partial charge in [0, 0.05) is 57.0 Å². The van der Waals surface area contributed by atoms with Gasteiger partial charge in [-0.3, -0.25) is 4.79 Å². The standard InChI is InChI=1S/C45H59N3O9/c1-3-24-54-45-39(48(2)43(51)31-18-19-31)28-37(47-57-40-17-9-12-25-53-40)35-26-32(15-7-10-22-49)34(16-8-11-23-50)41(42(35)45)36-27-33(20-21-38(36)56-45)55-44(52)46-29-30-13-5-4-6-14-30/h3-6,13-14,20-21,26-27,31-32,34,39-42,49-50H,1,7-12,15-19,22-25,28-29H2,2H3,(H,46,52)/t32-,34+,39-,40?,41+,42+,45+/m0/s1. The number of hydrogen-bond donors (Lipinski definition) is 3. The van der Waals surface area contributed by atoms with Crippen LogP contribution in [0.4, 0.5) is 4.79 Å². The van der Waals surface area contributed by atoms with Gasteiger partial charge in [-0.2, -0.15) is 0 Å². The summed E-state index contributed by atoms with van der Waals surface area (Å²) in [7, 11) is 1.85. The SMILES string of the molecule is C=CCO[C@@]12Oc3ccc(OC(=O)NCc4ccccc4)cc3[C@H]3[C@H](CCCCO)[C@@H](CCCCO)C=C(C(=NOC4CCCCO4)C[C@@H]1N(C)C(=O)C1CC1)[C@H]32. The maximum Gasteiger partial charge on any atom is 0.412 e. The number of aliphatic hydroxyl groups is 2. The van der Waals surface area contributed by atoms with Crippen molar-refractivity contribution < 1.29 is 43.6 Å². The maximum atomic E-state index is 14.0. The lowest BCUT2D eigenvalue weighted by atomic mass is 9.55.